The van der Waals surface area contributed by atoms with Crippen molar-refractivity contribution in [2.75, 3.05) is 0 Å². The van der Waals surface area contributed by atoms with Crippen LogP contribution >= 0.6 is 0 Å². The Kier molecular flexibility index (Phi) is 10.5. The van der Waals surface area contributed by atoms with Gasteiger partial charge in [0.25, 0.3) is 5.91 Å². The number of ether oxygens (including phenoxy) is 1. The summed E-state index contributed by atoms with van der Waals surface area (Å²) in [5, 5.41) is 23.9. The number of halogens is 3. The van der Waals surface area contributed by atoms with E-state index in [4.69, 9.17) is 9.26 Å². The van der Waals surface area contributed by atoms with E-state index in [2.05, 4.69) is 20.9 Å². The van der Waals surface area contributed by atoms with Crippen molar-refractivity contribution < 1.29 is 37.1 Å². The van der Waals surface area contributed by atoms with Crippen LogP contribution in [0.15, 0.2) is 53.3 Å². The summed E-state index contributed by atoms with van der Waals surface area (Å²) in [5.41, 5.74) is -0.293. The fourth-order valence-electron chi connectivity index (χ4n) is 3.95. The Morgan fingerprint density at radius 3 is 2.41 bits per heavy atom. The summed E-state index contributed by atoms with van der Waals surface area (Å²) >= 11 is 0. The minimum atomic E-state index is -4.43. The van der Waals surface area contributed by atoms with E-state index in [0.717, 1.165) is 18.6 Å². The second-order valence-corrected chi connectivity index (χ2v) is 10.8. The topological polar surface area (TPSA) is 132 Å². The summed E-state index contributed by atoms with van der Waals surface area (Å²) in [4.78, 5) is 25.5. The molecule has 0 unspecified atom stereocenters. The first-order valence-electron chi connectivity index (χ1n) is 13.3. The lowest BCUT2D eigenvalue weighted by Crippen LogP contribution is -2.51. The summed E-state index contributed by atoms with van der Waals surface area (Å²) in [6.45, 7) is 7.79. The quantitative estimate of drug-likeness (QED) is 0.277. The number of hydrogen-bond acceptors (Lipinski definition) is 7. The Labute approximate surface area is 236 Å². The van der Waals surface area contributed by atoms with E-state index in [0.29, 0.717) is 29.9 Å². The van der Waals surface area contributed by atoms with Gasteiger partial charge in [0, 0.05) is 23.2 Å². The van der Waals surface area contributed by atoms with Gasteiger partial charge >= 0.3 is 12.3 Å². The van der Waals surface area contributed by atoms with Gasteiger partial charge in [0.2, 0.25) is 0 Å². The second kappa shape index (κ2) is 13.7. The van der Waals surface area contributed by atoms with Gasteiger partial charge in [-0.25, -0.2) is 4.79 Å². The molecule has 0 aliphatic heterocycles. The van der Waals surface area contributed by atoms with Crippen LogP contribution in [0, 0.1) is 5.41 Å². The highest BCUT2D eigenvalue weighted by Gasteiger charge is 2.33. The monoisotopic (exact) mass is 579 g/mol. The number of aliphatic hydroxyl groups is 1. The third-order valence-electron chi connectivity index (χ3n) is 6.47. The molecule has 3 N–H and O–H groups in total. The number of hydrogen-bond donors (Lipinski definition) is 3. The fraction of sp³-hybridized carbons (Fsp3) is 0.500. The Bertz CT molecular complexity index is 1250. The van der Waals surface area contributed by atoms with Crippen molar-refractivity contribution in [2.24, 2.45) is 5.41 Å². The lowest BCUT2D eigenvalue weighted by molar-refractivity contribution is -0.137. The predicted octanol–water partition coefficient (Wildman–Crippen LogP) is 4.93. The smallest absolute Gasteiger partial charge is 0.416 e. The van der Waals surface area contributed by atoms with Gasteiger partial charge in [-0.3, -0.25) is 9.48 Å². The number of benzene rings is 1. The number of alkyl carbamates (subject to hydrolysis) is 1. The molecule has 0 aliphatic carbocycles. The van der Waals surface area contributed by atoms with Crippen LogP contribution in [-0.2, 0) is 28.8 Å². The number of alkyl halides is 3. The molecule has 2 amide bonds. The Balaban J connectivity index is 1.65. The van der Waals surface area contributed by atoms with Crippen LogP contribution in [0.5, 0.6) is 0 Å². The van der Waals surface area contributed by atoms with E-state index in [9.17, 15) is 27.9 Å². The zero-order valence-electron chi connectivity index (χ0n) is 23.4. The van der Waals surface area contributed by atoms with Gasteiger partial charge < -0.3 is 25.0 Å². The average molecular weight is 580 g/mol. The Morgan fingerprint density at radius 1 is 1.12 bits per heavy atom. The largest absolute Gasteiger partial charge is 0.444 e. The third-order valence-corrected chi connectivity index (χ3v) is 6.47. The molecule has 0 fully saturated rings. The van der Waals surface area contributed by atoms with Crippen molar-refractivity contribution in [3.8, 4) is 11.3 Å². The van der Waals surface area contributed by atoms with Crippen molar-refractivity contribution in [3.63, 3.8) is 0 Å². The number of unbranched alkanes of at least 4 members (excludes halogenated alkanes) is 1. The molecule has 10 nitrogen and oxygen atoms in total. The van der Waals surface area contributed by atoms with E-state index in [1.54, 1.807) is 23.0 Å². The molecule has 224 valence electrons. The van der Waals surface area contributed by atoms with Crippen LogP contribution in [0.3, 0.4) is 0 Å². The van der Waals surface area contributed by atoms with Gasteiger partial charge in [0.1, 0.15) is 6.10 Å². The SMILES string of the molecule is CCCC[C@H](NC(=O)O[C@H](Cn1ccc(-c2ccc(C(F)(F)F)cc2)n1)C(C)(C)C)[C@H](O)C(=O)NCc1ccno1. The molecule has 0 radical (unpaired) electrons. The predicted molar refractivity (Wildman–Crippen MR) is 143 cm³/mol. The minimum absolute atomic E-state index is 0.0330. The molecule has 0 aliphatic rings. The van der Waals surface area contributed by atoms with Gasteiger partial charge in [-0.2, -0.15) is 18.3 Å². The zero-order valence-corrected chi connectivity index (χ0v) is 23.4. The maximum Gasteiger partial charge on any atom is 0.416 e. The molecule has 0 spiro atoms. The summed E-state index contributed by atoms with van der Waals surface area (Å²) in [6.07, 6.45) is -2.56. The highest BCUT2D eigenvalue weighted by atomic mass is 19.4. The maximum atomic E-state index is 13.0. The Hall–Kier alpha value is -3.87. The van der Waals surface area contributed by atoms with Gasteiger partial charge in [0.15, 0.2) is 11.9 Å². The fourth-order valence-corrected chi connectivity index (χ4v) is 3.95. The number of aromatic nitrogens is 3. The number of rotatable bonds is 12. The summed E-state index contributed by atoms with van der Waals surface area (Å²) in [5.74, 6) is -0.265. The highest BCUT2D eigenvalue weighted by Crippen LogP contribution is 2.31. The second-order valence-electron chi connectivity index (χ2n) is 10.8. The molecule has 13 heteroatoms. The number of nitrogens with one attached hydrogen (secondary N) is 2. The number of aliphatic hydroxyl groups excluding tert-OH is 1. The van der Waals surface area contributed by atoms with Gasteiger partial charge in [-0.1, -0.05) is 57.8 Å². The number of carbonyl (C=O) groups excluding carboxylic acids is 2. The van der Waals surface area contributed by atoms with E-state index < -0.39 is 47.4 Å². The Morgan fingerprint density at radius 2 is 1.83 bits per heavy atom. The molecule has 1 aromatic carbocycles. The highest BCUT2D eigenvalue weighted by molar-refractivity contribution is 5.82. The van der Waals surface area contributed by atoms with Crippen LogP contribution in [-0.4, -0.2) is 50.3 Å². The van der Waals surface area contributed by atoms with Crippen molar-refractivity contribution in [1.82, 2.24) is 25.6 Å². The van der Waals surface area contributed by atoms with Gasteiger partial charge in [-0.05, 0) is 24.6 Å². The summed E-state index contributed by atoms with van der Waals surface area (Å²) in [6, 6.07) is 7.05. The van der Waals surface area contributed by atoms with Gasteiger partial charge in [-0.15, -0.1) is 0 Å². The summed E-state index contributed by atoms with van der Waals surface area (Å²) in [7, 11) is 0. The lowest BCUT2D eigenvalue weighted by atomic mass is 9.89. The van der Waals surface area contributed by atoms with Crippen LogP contribution in [0.25, 0.3) is 11.3 Å². The van der Waals surface area contributed by atoms with Crippen LogP contribution < -0.4 is 10.6 Å². The standard InChI is InChI=1S/C28H36F3N5O5/c1-5-6-7-22(24(37)25(38)32-16-20-12-14-33-41-20)34-26(39)40-23(27(2,3)4)17-36-15-13-21(35-36)18-8-10-19(11-9-18)28(29,30)31/h8-15,22-24,37H,5-7,16-17H2,1-4H3,(H,32,38)(H,34,39)/t22-,23+,24-/m0/s1. The minimum Gasteiger partial charge on any atom is -0.444 e. The van der Waals surface area contributed by atoms with E-state index >= 15 is 0 Å². The van der Waals surface area contributed by atoms with Crippen LogP contribution in [0.2, 0.25) is 0 Å². The molecule has 3 aromatic rings. The van der Waals surface area contributed by atoms with E-state index in [1.165, 1.54) is 18.3 Å². The number of amides is 2. The average Bonchev–Trinajstić information content (AvgIpc) is 3.60. The molecule has 3 rings (SSSR count). The van der Waals surface area contributed by atoms with Crippen molar-refractivity contribution in [2.45, 2.75) is 84.5 Å². The van der Waals surface area contributed by atoms with Gasteiger partial charge in [0.05, 0.1) is 36.6 Å². The maximum absolute atomic E-state index is 13.0. The molecule has 0 saturated heterocycles. The normalized spacial score (nSPS) is 14.2. The van der Waals surface area contributed by atoms with E-state index in [-0.39, 0.29) is 13.1 Å². The van der Waals surface area contributed by atoms with Crippen molar-refractivity contribution in [3.05, 3.63) is 60.1 Å². The number of nitrogens with zero attached hydrogens (tertiary/aromatic N) is 3. The van der Waals surface area contributed by atoms with Crippen LogP contribution in [0.1, 0.15) is 58.3 Å². The molecule has 2 aromatic heterocycles. The van der Waals surface area contributed by atoms with Crippen molar-refractivity contribution >= 4 is 12.0 Å². The first kappa shape index (κ1) is 31.7. The molecule has 41 heavy (non-hydrogen) atoms. The molecule has 0 saturated carbocycles. The van der Waals surface area contributed by atoms with Crippen molar-refractivity contribution in [1.29, 1.82) is 0 Å². The third kappa shape index (κ3) is 9.34. The van der Waals surface area contributed by atoms with E-state index in [1.807, 2.05) is 27.7 Å². The summed E-state index contributed by atoms with van der Waals surface area (Å²) < 4.78 is 50.9. The molecular formula is C28H36F3N5O5. The molecule has 2 heterocycles. The lowest BCUT2D eigenvalue weighted by Gasteiger charge is -2.31. The molecule has 0 bridgehead atoms. The molecular weight excluding hydrogens is 543 g/mol. The molecule has 3 atom stereocenters. The first-order valence-corrected chi connectivity index (χ1v) is 13.3. The first-order chi connectivity index (χ1) is 19.3. The number of carbonyl (C=O) groups is 2. The zero-order chi connectivity index (χ0) is 30.2. The van der Waals surface area contributed by atoms with Crippen LogP contribution in [0.4, 0.5) is 18.0 Å².